The van der Waals surface area contributed by atoms with Gasteiger partial charge in [-0.2, -0.15) is 5.26 Å². The first kappa shape index (κ1) is 20.8. The number of nitriles is 1. The molecular weight excluding hydrogens is 462 g/mol. The van der Waals surface area contributed by atoms with Crippen LogP contribution in [0.1, 0.15) is 16.1 Å². The van der Waals surface area contributed by atoms with Crippen molar-refractivity contribution in [2.45, 2.75) is 6.92 Å². The number of fused-ring (bicyclic) bond motifs is 2. The molecule has 166 valence electrons. The van der Waals surface area contributed by atoms with Crippen molar-refractivity contribution in [1.82, 2.24) is 4.98 Å². The molecule has 0 radical (unpaired) electrons. The van der Waals surface area contributed by atoms with E-state index in [9.17, 15) is 5.26 Å². The minimum atomic E-state index is 0.535. The number of allylic oxidation sites excluding steroid dienone is 1. The maximum absolute atomic E-state index is 10.2. The fourth-order valence-electron chi connectivity index (χ4n) is 4.01. The average Bonchev–Trinajstić information content (AvgIpc) is 3.50. The van der Waals surface area contributed by atoms with Crippen LogP contribution in [0, 0.1) is 18.3 Å². The van der Waals surface area contributed by atoms with Crippen LogP contribution >= 0.6 is 23.1 Å². The van der Waals surface area contributed by atoms with Crippen molar-refractivity contribution in [3.8, 4) is 17.6 Å². The Morgan fingerprint density at radius 3 is 2.59 bits per heavy atom. The van der Waals surface area contributed by atoms with Crippen LogP contribution in [-0.4, -0.2) is 18.2 Å². The lowest BCUT2D eigenvalue weighted by molar-refractivity contribution is 0.171. The molecule has 0 saturated heterocycles. The van der Waals surface area contributed by atoms with E-state index < -0.39 is 0 Å². The monoisotopic (exact) mass is 481 g/mol. The van der Waals surface area contributed by atoms with Gasteiger partial charge in [0.15, 0.2) is 11.5 Å². The highest BCUT2D eigenvalue weighted by atomic mass is 32.2. The Balaban J connectivity index is 1.50. The predicted octanol–water partition coefficient (Wildman–Crippen LogP) is 6.82. The molecule has 6 rings (SSSR count). The number of thiazole rings is 1. The maximum atomic E-state index is 10.2. The molecule has 1 aromatic heterocycles. The van der Waals surface area contributed by atoms with Crippen LogP contribution in [-0.2, 0) is 0 Å². The van der Waals surface area contributed by atoms with E-state index in [0.29, 0.717) is 18.8 Å². The zero-order chi connectivity index (χ0) is 23.1. The van der Waals surface area contributed by atoms with Gasteiger partial charge in [0.25, 0.3) is 0 Å². The Bertz CT molecular complexity index is 1480. The Morgan fingerprint density at radius 2 is 1.79 bits per heavy atom. The molecule has 0 aliphatic carbocycles. The lowest BCUT2D eigenvalue weighted by Crippen LogP contribution is -2.18. The molecule has 0 fully saturated rings. The smallest absolute Gasteiger partial charge is 0.162 e. The SMILES string of the molecule is Cc1ccc(N2C(c3ccc4c(c3)OCCO4)=CS/C2=C(\C#N)c2nc3ccccc3s2)cc1. The van der Waals surface area contributed by atoms with Gasteiger partial charge in [0.2, 0.25) is 0 Å². The number of hydrogen-bond donors (Lipinski definition) is 0. The molecule has 7 heteroatoms. The largest absolute Gasteiger partial charge is 0.486 e. The van der Waals surface area contributed by atoms with E-state index >= 15 is 0 Å². The number of benzene rings is 3. The van der Waals surface area contributed by atoms with Crippen LogP contribution in [0.4, 0.5) is 5.69 Å². The van der Waals surface area contributed by atoms with Crippen LogP contribution in [0.2, 0.25) is 0 Å². The highest BCUT2D eigenvalue weighted by molar-refractivity contribution is 8.06. The molecule has 4 aromatic rings. The fourth-order valence-corrected chi connectivity index (χ4v) is 6.07. The zero-order valence-corrected chi connectivity index (χ0v) is 20.0. The lowest BCUT2D eigenvalue weighted by atomic mass is 10.1. The van der Waals surface area contributed by atoms with Gasteiger partial charge in [0, 0.05) is 16.7 Å². The number of anilines is 1. The van der Waals surface area contributed by atoms with Crippen LogP contribution in [0.5, 0.6) is 11.5 Å². The number of hydrogen-bond acceptors (Lipinski definition) is 7. The number of rotatable bonds is 3. The van der Waals surface area contributed by atoms with Crippen molar-refractivity contribution in [3.05, 3.63) is 93.3 Å². The number of para-hydroxylation sites is 1. The third-order valence-corrected chi connectivity index (χ3v) is 7.69. The summed E-state index contributed by atoms with van der Waals surface area (Å²) in [5, 5.41) is 13.9. The Labute approximate surface area is 205 Å². The quantitative estimate of drug-likeness (QED) is 0.299. The Morgan fingerprint density at radius 1 is 1.00 bits per heavy atom. The predicted molar refractivity (Wildman–Crippen MR) is 139 cm³/mol. The highest BCUT2D eigenvalue weighted by Gasteiger charge is 2.30. The van der Waals surface area contributed by atoms with Crippen LogP contribution in [0.3, 0.4) is 0 Å². The number of nitrogens with zero attached hydrogens (tertiary/aromatic N) is 3. The summed E-state index contributed by atoms with van der Waals surface area (Å²) in [4.78, 5) is 6.90. The van der Waals surface area contributed by atoms with E-state index in [0.717, 1.165) is 48.7 Å². The summed E-state index contributed by atoms with van der Waals surface area (Å²) in [5.74, 6) is 1.49. The van der Waals surface area contributed by atoms with E-state index in [1.54, 1.807) is 23.1 Å². The molecular formula is C27H19N3O2S2. The van der Waals surface area contributed by atoms with Crippen molar-refractivity contribution >= 4 is 50.3 Å². The number of aromatic nitrogens is 1. The van der Waals surface area contributed by atoms with E-state index in [1.165, 1.54) is 5.56 Å². The van der Waals surface area contributed by atoms with Crippen molar-refractivity contribution in [3.63, 3.8) is 0 Å². The van der Waals surface area contributed by atoms with Gasteiger partial charge in [-0.1, -0.05) is 41.6 Å². The van der Waals surface area contributed by atoms with E-state index in [-0.39, 0.29) is 0 Å². The number of thioether (sulfide) groups is 1. The van der Waals surface area contributed by atoms with Gasteiger partial charge in [0.05, 0.1) is 15.9 Å². The number of ether oxygens (including phenoxy) is 2. The summed E-state index contributed by atoms with van der Waals surface area (Å²) < 4.78 is 12.6. The summed E-state index contributed by atoms with van der Waals surface area (Å²) in [6.45, 7) is 3.16. The molecule has 0 unspecified atom stereocenters. The zero-order valence-electron chi connectivity index (χ0n) is 18.3. The molecule has 2 aliphatic rings. The van der Waals surface area contributed by atoms with Gasteiger partial charge < -0.3 is 14.4 Å². The van der Waals surface area contributed by atoms with Gasteiger partial charge in [0.1, 0.15) is 34.9 Å². The standard InChI is InChI=1S/C27H19N3O2S2/c1-17-6-9-19(10-7-17)30-22(18-8-11-23-24(14-18)32-13-12-31-23)16-33-27(30)20(15-28)26-29-21-4-2-3-5-25(21)34-26/h2-11,14,16H,12-13H2,1H3/b27-20+. The summed E-state index contributed by atoms with van der Waals surface area (Å²) in [6, 6.07) is 24.7. The van der Waals surface area contributed by atoms with Crippen molar-refractivity contribution in [2.75, 3.05) is 18.1 Å². The summed E-state index contributed by atoms with van der Waals surface area (Å²) in [7, 11) is 0. The molecule has 2 aliphatic heterocycles. The van der Waals surface area contributed by atoms with E-state index in [4.69, 9.17) is 14.5 Å². The Hall–Kier alpha value is -3.73. The maximum Gasteiger partial charge on any atom is 0.162 e. The molecule has 0 atom stereocenters. The molecule has 0 bridgehead atoms. The minimum absolute atomic E-state index is 0.535. The highest BCUT2D eigenvalue weighted by Crippen LogP contribution is 2.48. The first-order chi connectivity index (χ1) is 16.7. The Kier molecular flexibility index (Phi) is 5.25. The summed E-state index contributed by atoms with van der Waals surface area (Å²) in [6.07, 6.45) is 0. The van der Waals surface area contributed by atoms with Gasteiger partial charge in [-0.05, 0) is 49.4 Å². The molecule has 0 amide bonds. The first-order valence-electron chi connectivity index (χ1n) is 10.9. The molecule has 0 saturated carbocycles. The second-order valence-electron chi connectivity index (χ2n) is 7.93. The van der Waals surface area contributed by atoms with Crippen LogP contribution < -0.4 is 14.4 Å². The second kappa shape index (κ2) is 8.56. The van der Waals surface area contributed by atoms with Crippen molar-refractivity contribution < 1.29 is 9.47 Å². The van der Waals surface area contributed by atoms with Gasteiger partial charge in [-0.3, -0.25) is 0 Å². The van der Waals surface area contributed by atoms with E-state index in [1.807, 2.05) is 42.5 Å². The first-order valence-corrected chi connectivity index (χ1v) is 12.5. The number of aryl methyl sites for hydroxylation is 1. The van der Waals surface area contributed by atoms with E-state index in [2.05, 4.69) is 47.6 Å². The van der Waals surface area contributed by atoms with Crippen LogP contribution in [0.15, 0.2) is 77.2 Å². The van der Waals surface area contributed by atoms with Gasteiger partial charge >= 0.3 is 0 Å². The molecule has 0 N–H and O–H groups in total. The molecule has 3 heterocycles. The summed E-state index contributed by atoms with van der Waals surface area (Å²) >= 11 is 3.08. The molecule has 0 spiro atoms. The molecule has 3 aromatic carbocycles. The third kappa shape index (κ3) is 3.61. The molecule has 5 nitrogen and oxygen atoms in total. The van der Waals surface area contributed by atoms with Crippen molar-refractivity contribution in [2.24, 2.45) is 0 Å². The van der Waals surface area contributed by atoms with Crippen LogP contribution in [0.25, 0.3) is 21.5 Å². The molecule has 34 heavy (non-hydrogen) atoms. The van der Waals surface area contributed by atoms with Crippen molar-refractivity contribution in [1.29, 1.82) is 5.26 Å². The second-order valence-corrected chi connectivity index (χ2v) is 9.82. The normalized spacial score (nSPS) is 16.4. The van der Waals surface area contributed by atoms with Gasteiger partial charge in [-0.15, -0.1) is 11.3 Å². The lowest BCUT2D eigenvalue weighted by Gasteiger charge is -2.26. The average molecular weight is 482 g/mol. The minimum Gasteiger partial charge on any atom is -0.486 e. The van der Waals surface area contributed by atoms with Gasteiger partial charge in [-0.25, -0.2) is 4.98 Å². The fraction of sp³-hybridized carbons (Fsp3) is 0.111. The summed E-state index contributed by atoms with van der Waals surface area (Å²) in [5.41, 5.74) is 5.61. The topological polar surface area (TPSA) is 58.4 Å². The third-order valence-electron chi connectivity index (χ3n) is 5.69.